The van der Waals surface area contributed by atoms with Crippen LogP contribution in [0.15, 0.2) is 22.8 Å². The normalized spacial score (nSPS) is 23.2. The van der Waals surface area contributed by atoms with Crippen LogP contribution >= 0.6 is 0 Å². The summed E-state index contributed by atoms with van der Waals surface area (Å²) in [6, 6.07) is 4.03. The molecule has 1 heterocycles. The molecule has 2 N–H and O–H groups in total. The van der Waals surface area contributed by atoms with Crippen LogP contribution in [-0.4, -0.2) is 6.54 Å². The van der Waals surface area contributed by atoms with Crippen molar-refractivity contribution in [1.29, 1.82) is 0 Å². The van der Waals surface area contributed by atoms with E-state index in [2.05, 4.69) is 19.9 Å². The highest BCUT2D eigenvalue weighted by Gasteiger charge is 2.37. The maximum Gasteiger partial charge on any atom is 0.104 e. The smallest absolute Gasteiger partial charge is 0.104 e. The number of hydrogen-bond acceptors (Lipinski definition) is 2. The van der Waals surface area contributed by atoms with Crippen molar-refractivity contribution in [3.8, 4) is 0 Å². The third-order valence-corrected chi connectivity index (χ3v) is 4.23. The minimum absolute atomic E-state index is 0.285. The summed E-state index contributed by atoms with van der Waals surface area (Å²) in [5, 5.41) is 0. The second-order valence-electron chi connectivity index (χ2n) is 6.12. The van der Waals surface area contributed by atoms with Gasteiger partial charge in [-0.25, -0.2) is 0 Å². The number of hydrogen-bond donors (Lipinski definition) is 1. The Morgan fingerprint density at radius 3 is 2.44 bits per heavy atom. The van der Waals surface area contributed by atoms with Gasteiger partial charge in [0.1, 0.15) is 5.76 Å². The van der Waals surface area contributed by atoms with Crippen molar-refractivity contribution in [2.75, 3.05) is 6.54 Å². The molecule has 0 radical (unpaired) electrons. The Kier molecular flexibility index (Phi) is 3.11. The first kappa shape index (κ1) is 11.7. The van der Waals surface area contributed by atoms with Crippen LogP contribution in [0.4, 0.5) is 0 Å². The number of furan rings is 1. The van der Waals surface area contributed by atoms with E-state index in [1.165, 1.54) is 25.7 Å². The van der Waals surface area contributed by atoms with Crippen LogP contribution in [0.5, 0.6) is 0 Å². The molecule has 0 amide bonds. The molecule has 0 saturated heterocycles. The molecule has 1 aromatic heterocycles. The average molecular weight is 221 g/mol. The Labute approximate surface area is 98.2 Å². The van der Waals surface area contributed by atoms with Crippen LogP contribution in [0.2, 0.25) is 0 Å². The highest BCUT2D eigenvalue weighted by Crippen LogP contribution is 2.46. The molecule has 0 spiro atoms. The molecule has 0 bridgehead atoms. The van der Waals surface area contributed by atoms with E-state index in [1.807, 2.05) is 6.07 Å². The average Bonchev–Trinajstić information content (AvgIpc) is 2.74. The van der Waals surface area contributed by atoms with Crippen LogP contribution < -0.4 is 5.73 Å². The highest BCUT2D eigenvalue weighted by atomic mass is 16.3. The first-order valence-electron chi connectivity index (χ1n) is 6.28. The largest absolute Gasteiger partial charge is 0.469 e. The fraction of sp³-hybridized carbons (Fsp3) is 0.714. The van der Waals surface area contributed by atoms with Crippen LogP contribution in [0.1, 0.15) is 45.3 Å². The standard InChI is InChI=1S/C14H23NO/c1-13(2)5-7-14(11-15,8-6-13)10-12-4-3-9-16-12/h3-4,9H,5-8,10-11,15H2,1-2H3. The van der Waals surface area contributed by atoms with Crippen LogP contribution in [0.3, 0.4) is 0 Å². The highest BCUT2D eigenvalue weighted by molar-refractivity contribution is 5.04. The summed E-state index contributed by atoms with van der Waals surface area (Å²) in [5.41, 5.74) is 6.79. The van der Waals surface area contributed by atoms with Gasteiger partial charge < -0.3 is 10.2 Å². The lowest BCUT2D eigenvalue weighted by Crippen LogP contribution is -2.38. The van der Waals surface area contributed by atoms with E-state index in [4.69, 9.17) is 10.2 Å². The Hall–Kier alpha value is -0.760. The predicted octanol–water partition coefficient (Wildman–Crippen LogP) is 3.37. The molecule has 1 aliphatic rings. The van der Waals surface area contributed by atoms with E-state index in [0.717, 1.165) is 18.7 Å². The minimum atomic E-state index is 0.285. The van der Waals surface area contributed by atoms with E-state index in [9.17, 15) is 0 Å². The zero-order valence-corrected chi connectivity index (χ0v) is 10.5. The lowest BCUT2D eigenvalue weighted by molar-refractivity contribution is 0.102. The molecule has 0 aromatic carbocycles. The van der Waals surface area contributed by atoms with Gasteiger partial charge in [0, 0.05) is 6.42 Å². The molecular weight excluding hydrogens is 198 g/mol. The molecule has 2 rings (SSSR count). The van der Waals surface area contributed by atoms with Crippen LogP contribution in [-0.2, 0) is 6.42 Å². The lowest BCUT2D eigenvalue weighted by Gasteiger charge is -2.42. The van der Waals surface area contributed by atoms with E-state index in [1.54, 1.807) is 6.26 Å². The molecule has 2 heteroatoms. The van der Waals surface area contributed by atoms with Crippen molar-refractivity contribution < 1.29 is 4.42 Å². The van der Waals surface area contributed by atoms with Gasteiger partial charge in [-0.3, -0.25) is 0 Å². The molecule has 1 saturated carbocycles. The molecule has 0 unspecified atom stereocenters. The third kappa shape index (κ3) is 2.49. The molecular formula is C14H23NO. The van der Waals surface area contributed by atoms with Crippen molar-refractivity contribution in [2.45, 2.75) is 46.0 Å². The number of rotatable bonds is 3. The maximum atomic E-state index is 6.00. The van der Waals surface area contributed by atoms with Gasteiger partial charge in [-0.1, -0.05) is 13.8 Å². The van der Waals surface area contributed by atoms with Crippen molar-refractivity contribution in [3.05, 3.63) is 24.2 Å². The van der Waals surface area contributed by atoms with Crippen molar-refractivity contribution in [3.63, 3.8) is 0 Å². The van der Waals surface area contributed by atoms with Gasteiger partial charge >= 0.3 is 0 Å². The van der Waals surface area contributed by atoms with E-state index < -0.39 is 0 Å². The maximum absolute atomic E-state index is 6.00. The minimum Gasteiger partial charge on any atom is -0.469 e. The monoisotopic (exact) mass is 221 g/mol. The quantitative estimate of drug-likeness (QED) is 0.850. The summed E-state index contributed by atoms with van der Waals surface area (Å²) in [6.45, 7) is 5.50. The van der Waals surface area contributed by atoms with Crippen LogP contribution in [0, 0.1) is 10.8 Å². The third-order valence-electron chi connectivity index (χ3n) is 4.23. The summed E-state index contributed by atoms with van der Waals surface area (Å²) in [4.78, 5) is 0. The van der Waals surface area contributed by atoms with Crippen molar-refractivity contribution in [1.82, 2.24) is 0 Å². The lowest BCUT2D eigenvalue weighted by atomic mass is 9.63. The fourth-order valence-corrected chi connectivity index (χ4v) is 2.69. The first-order valence-corrected chi connectivity index (χ1v) is 6.28. The molecule has 1 aromatic rings. The molecule has 0 atom stereocenters. The molecule has 1 aliphatic carbocycles. The van der Waals surface area contributed by atoms with Gasteiger partial charge in [0.2, 0.25) is 0 Å². The Bertz CT molecular complexity index is 317. The first-order chi connectivity index (χ1) is 7.55. The summed E-state index contributed by atoms with van der Waals surface area (Å²) in [6.07, 6.45) is 7.79. The zero-order valence-electron chi connectivity index (χ0n) is 10.5. The number of nitrogens with two attached hydrogens (primary N) is 1. The van der Waals surface area contributed by atoms with E-state index in [0.29, 0.717) is 5.41 Å². The summed E-state index contributed by atoms with van der Waals surface area (Å²) in [5.74, 6) is 1.09. The van der Waals surface area contributed by atoms with Crippen LogP contribution in [0.25, 0.3) is 0 Å². The van der Waals surface area contributed by atoms with E-state index >= 15 is 0 Å². The van der Waals surface area contributed by atoms with Gasteiger partial charge in [-0.15, -0.1) is 0 Å². The topological polar surface area (TPSA) is 39.2 Å². The van der Waals surface area contributed by atoms with Crippen molar-refractivity contribution in [2.24, 2.45) is 16.6 Å². The summed E-state index contributed by atoms with van der Waals surface area (Å²) >= 11 is 0. The predicted molar refractivity (Wildman–Crippen MR) is 66.1 cm³/mol. The Morgan fingerprint density at radius 2 is 1.94 bits per heavy atom. The van der Waals surface area contributed by atoms with Gasteiger partial charge in [0.15, 0.2) is 0 Å². The molecule has 1 fully saturated rings. The Morgan fingerprint density at radius 1 is 1.25 bits per heavy atom. The summed E-state index contributed by atoms with van der Waals surface area (Å²) < 4.78 is 5.46. The summed E-state index contributed by atoms with van der Waals surface area (Å²) in [7, 11) is 0. The van der Waals surface area contributed by atoms with Crippen molar-refractivity contribution >= 4 is 0 Å². The van der Waals surface area contributed by atoms with Gasteiger partial charge in [-0.05, 0) is 55.2 Å². The SMILES string of the molecule is CC1(C)CCC(CN)(Cc2ccco2)CC1. The van der Waals surface area contributed by atoms with Gasteiger partial charge in [0.05, 0.1) is 6.26 Å². The Balaban J connectivity index is 2.04. The van der Waals surface area contributed by atoms with Gasteiger partial charge in [0.25, 0.3) is 0 Å². The second-order valence-corrected chi connectivity index (χ2v) is 6.12. The zero-order chi connectivity index (χ0) is 11.6. The van der Waals surface area contributed by atoms with E-state index in [-0.39, 0.29) is 5.41 Å². The molecule has 0 aliphatic heterocycles. The fourth-order valence-electron chi connectivity index (χ4n) is 2.69. The second kappa shape index (κ2) is 4.25. The molecule has 2 nitrogen and oxygen atoms in total. The van der Waals surface area contributed by atoms with Gasteiger partial charge in [-0.2, -0.15) is 0 Å². The molecule has 90 valence electrons. The molecule has 16 heavy (non-hydrogen) atoms.